The number of hydrogen-bond donors (Lipinski definition) is 2. The zero-order chi connectivity index (χ0) is 20.2. The number of pyridine rings is 2. The molecule has 30 heavy (non-hydrogen) atoms. The highest BCUT2D eigenvalue weighted by Gasteiger charge is 2.17. The van der Waals surface area contributed by atoms with Crippen LogP contribution in [-0.2, 0) is 7.05 Å². The minimum atomic E-state index is -0.258. The van der Waals surface area contributed by atoms with Crippen molar-refractivity contribution in [1.82, 2.24) is 39.9 Å². The molecule has 6 aromatic rings. The zero-order valence-electron chi connectivity index (χ0n) is 15.6. The maximum absolute atomic E-state index is 13.5. The van der Waals surface area contributed by atoms with Crippen LogP contribution in [0.3, 0.4) is 0 Å². The molecule has 0 saturated heterocycles. The van der Waals surface area contributed by atoms with Gasteiger partial charge in [0.1, 0.15) is 16.9 Å². The van der Waals surface area contributed by atoms with Crippen molar-refractivity contribution < 1.29 is 4.39 Å². The van der Waals surface area contributed by atoms with E-state index in [0.717, 1.165) is 38.2 Å². The molecule has 0 atom stereocenters. The summed E-state index contributed by atoms with van der Waals surface area (Å²) >= 11 is 1.04. The Bertz CT molecular complexity index is 1540. The van der Waals surface area contributed by atoms with Gasteiger partial charge in [0.2, 0.25) is 0 Å². The van der Waals surface area contributed by atoms with Crippen LogP contribution in [0, 0.1) is 5.13 Å². The molecule has 10 heteroatoms. The predicted octanol–water partition coefficient (Wildman–Crippen LogP) is 4.16. The quantitative estimate of drug-likeness (QED) is 0.451. The highest BCUT2D eigenvalue weighted by Crippen LogP contribution is 2.33. The van der Waals surface area contributed by atoms with E-state index in [1.807, 2.05) is 25.4 Å². The van der Waals surface area contributed by atoms with Gasteiger partial charge in [-0.25, -0.2) is 9.97 Å². The van der Waals surface area contributed by atoms with Gasteiger partial charge in [-0.3, -0.25) is 14.8 Å². The van der Waals surface area contributed by atoms with Gasteiger partial charge in [-0.1, -0.05) is 0 Å². The Labute approximate surface area is 172 Å². The Balaban J connectivity index is 1.52. The van der Waals surface area contributed by atoms with E-state index in [-0.39, 0.29) is 5.13 Å². The fraction of sp³-hybridized carbons (Fsp3) is 0.0500. The number of nitrogens with zero attached hydrogens (tertiary/aromatic N) is 6. The van der Waals surface area contributed by atoms with Gasteiger partial charge in [0.25, 0.3) is 0 Å². The SMILES string of the molecule is Cn1cc(-c2cnc3[nH]nc(-c4nc5c(-c6ccc(F)s6)nccc5[nH]4)c3c2)cn1. The minimum absolute atomic E-state index is 0.258. The number of aromatic nitrogens is 8. The average Bonchev–Trinajstić information content (AvgIpc) is 3.52. The third-order valence-corrected chi connectivity index (χ3v) is 5.77. The molecular formula is C20H13FN8S. The Morgan fingerprint density at radius 2 is 2.00 bits per heavy atom. The third-order valence-electron chi connectivity index (χ3n) is 4.89. The van der Waals surface area contributed by atoms with E-state index in [0.29, 0.717) is 28.4 Å². The second-order valence-corrected chi connectivity index (χ2v) is 7.87. The number of fused-ring (bicyclic) bond motifs is 2. The minimum Gasteiger partial charge on any atom is -0.336 e. The number of aromatic amines is 2. The topological polar surface area (TPSA) is 101 Å². The van der Waals surface area contributed by atoms with E-state index in [2.05, 4.69) is 30.2 Å². The second kappa shape index (κ2) is 6.29. The lowest BCUT2D eigenvalue weighted by Crippen LogP contribution is -1.85. The van der Waals surface area contributed by atoms with Crippen molar-refractivity contribution in [2.75, 3.05) is 0 Å². The highest BCUT2D eigenvalue weighted by atomic mass is 32.1. The first-order valence-electron chi connectivity index (χ1n) is 9.09. The van der Waals surface area contributed by atoms with Gasteiger partial charge in [0.15, 0.2) is 16.6 Å². The Morgan fingerprint density at radius 1 is 1.07 bits per heavy atom. The lowest BCUT2D eigenvalue weighted by atomic mass is 10.1. The van der Waals surface area contributed by atoms with Crippen LogP contribution in [0.1, 0.15) is 0 Å². The number of nitrogens with one attached hydrogen (secondary N) is 2. The molecule has 0 aliphatic rings. The maximum Gasteiger partial charge on any atom is 0.177 e. The number of thiophene rings is 1. The van der Waals surface area contributed by atoms with Crippen LogP contribution >= 0.6 is 11.3 Å². The number of rotatable bonds is 3. The maximum atomic E-state index is 13.5. The van der Waals surface area contributed by atoms with Gasteiger partial charge in [0.05, 0.1) is 22.0 Å². The number of H-pyrrole nitrogens is 2. The van der Waals surface area contributed by atoms with Crippen molar-refractivity contribution in [3.05, 3.63) is 54.2 Å². The first-order chi connectivity index (χ1) is 14.7. The van der Waals surface area contributed by atoms with Crippen LogP contribution in [0.25, 0.3) is 55.3 Å². The smallest absolute Gasteiger partial charge is 0.177 e. The summed E-state index contributed by atoms with van der Waals surface area (Å²) in [6.07, 6.45) is 7.19. The fourth-order valence-electron chi connectivity index (χ4n) is 3.48. The molecular weight excluding hydrogens is 403 g/mol. The van der Waals surface area contributed by atoms with E-state index in [1.54, 1.807) is 29.3 Å². The number of aryl methyl sites for hydroxylation is 1. The van der Waals surface area contributed by atoms with E-state index in [1.165, 1.54) is 6.07 Å². The summed E-state index contributed by atoms with van der Waals surface area (Å²) in [4.78, 5) is 17.7. The molecule has 0 fully saturated rings. The van der Waals surface area contributed by atoms with E-state index >= 15 is 0 Å². The largest absolute Gasteiger partial charge is 0.336 e. The van der Waals surface area contributed by atoms with E-state index in [9.17, 15) is 4.39 Å². The van der Waals surface area contributed by atoms with E-state index in [4.69, 9.17) is 4.98 Å². The molecule has 0 saturated carbocycles. The monoisotopic (exact) mass is 416 g/mol. The van der Waals surface area contributed by atoms with Crippen LogP contribution in [0.2, 0.25) is 0 Å². The number of halogens is 1. The Kier molecular flexibility index (Phi) is 3.56. The summed E-state index contributed by atoms with van der Waals surface area (Å²) in [5, 5.41) is 12.2. The van der Waals surface area contributed by atoms with Crippen molar-refractivity contribution in [2.45, 2.75) is 0 Å². The summed E-state index contributed by atoms with van der Waals surface area (Å²) in [6, 6.07) is 7.00. The summed E-state index contributed by atoms with van der Waals surface area (Å²) in [5.74, 6) is 0.590. The van der Waals surface area contributed by atoms with Gasteiger partial charge in [0, 0.05) is 36.8 Å². The van der Waals surface area contributed by atoms with Crippen molar-refractivity contribution in [2.24, 2.45) is 7.05 Å². The summed E-state index contributed by atoms with van der Waals surface area (Å²) in [7, 11) is 1.87. The first kappa shape index (κ1) is 17.0. The molecule has 2 N–H and O–H groups in total. The molecule has 6 rings (SSSR count). The van der Waals surface area contributed by atoms with E-state index < -0.39 is 0 Å². The molecule has 0 bridgehead atoms. The average molecular weight is 416 g/mol. The molecule has 0 aromatic carbocycles. The highest BCUT2D eigenvalue weighted by molar-refractivity contribution is 7.13. The number of imidazole rings is 1. The zero-order valence-corrected chi connectivity index (χ0v) is 16.4. The summed E-state index contributed by atoms with van der Waals surface area (Å²) in [6.45, 7) is 0. The molecule has 6 heterocycles. The summed E-state index contributed by atoms with van der Waals surface area (Å²) < 4.78 is 15.3. The van der Waals surface area contributed by atoms with Crippen molar-refractivity contribution in [3.63, 3.8) is 0 Å². The lowest BCUT2D eigenvalue weighted by Gasteiger charge is -1.98. The van der Waals surface area contributed by atoms with Gasteiger partial charge >= 0.3 is 0 Å². The van der Waals surface area contributed by atoms with Crippen LogP contribution in [-0.4, -0.2) is 39.9 Å². The Hall–Kier alpha value is -3.92. The molecule has 146 valence electrons. The first-order valence-corrected chi connectivity index (χ1v) is 9.91. The second-order valence-electron chi connectivity index (χ2n) is 6.84. The van der Waals surface area contributed by atoms with Gasteiger partial charge in [-0.15, -0.1) is 11.3 Å². The van der Waals surface area contributed by atoms with Crippen LogP contribution in [0.15, 0.2) is 49.1 Å². The summed E-state index contributed by atoms with van der Waals surface area (Å²) in [5.41, 5.74) is 5.33. The van der Waals surface area contributed by atoms with Gasteiger partial charge in [-0.2, -0.15) is 14.6 Å². The van der Waals surface area contributed by atoms with Crippen molar-refractivity contribution >= 4 is 33.4 Å². The number of hydrogen-bond acceptors (Lipinski definition) is 6. The molecule has 0 spiro atoms. The third kappa shape index (κ3) is 2.61. The predicted molar refractivity (Wildman–Crippen MR) is 112 cm³/mol. The standard InChI is InChI=1S/C20H13FN8S/c1-29-9-11(8-24-29)10-6-12-16(27-28-19(12)23-7-10)20-25-13-4-5-22-18(17(13)26-20)14-2-3-15(21)30-14/h2-9H,1H3,(H,25,26)(H,23,27,28). The van der Waals surface area contributed by atoms with Gasteiger partial charge in [-0.05, 0) is 24.3 Å². The molecule has 0 aliphatic heterocycles. The fourth-order valence-corrected chi connectivity index (χ4v) is 4.21. The van der Waals surface area contributed by atoms with Crippen LogP contribution < -0.4 is 0 Å². The normalized spacial score (nSPS) is 11.7. The van der Waals surface area contributed by atoms with Gasteiger partial charge < -0.3 is 4.98 Å². The molecule has 0 aliphatic carbocycles. The Morgan fingerprint density at radius 3 is 2.80 bits per heavy atom. The molecule has 6 aromatic heterocycles. The molecule has 0 amide bonds. The molecule has 8 nitrogen and oxygen atoms in total. The van der Waals surface area contributed by atoms with Crippen molar-refractivity contribution in [3.8, 4) is 33.2 Å². The lowest BCUT2D eigenvalue weighted by molar-refractivity contribution is 0.657. The van der Waals surface area contributed by atoms with Crippen LogP contribution in [0.4, 0.5) is 4.39 Å². The molecule has 0 radical (unpaired) electrons. The van der Waals surface area contributed by atoms with Crippen molar-refractivity contribution in [1.29, 1.82) is 0 Å². The van der Waals surface area contributed by atoms with Crippen LogP contribution in [0.5, 0.6) is 0 Å². The molecule has 0 unspecified atom stereocenters.